The normalized spacial score (nSPS) is 10.4. The number of nitro groups is 1. The maximum Gasteiger partial charge on any atom is 0.341 e. The predicted molar refractivity (Wildman–Crippen MR) is 128 cm³/mol. The average Bonchev–Trinajstić information content (AvgIpc) is 3.05. The predicted octanol–water partition coefficient (Wildman–Crippen LogP) is 6.27. The van der Waals surface area contributed by atoms with Crippen molar-refractivity contribution in [2.24, 2.45) is 0 Å². The summed E-state index contributed by atoms with van der Waals surface area (Å²) in [5.41, 5.74) is 2.35. The molecular formula is C21H18ClN3O4S2. The SMILES string of the molecule is CCOC(=O)c1c(NC(=S)Nc2ccc([N+](=O)[O-])cc2Cl)sc(C)c1-c1ccccc1. The number of benzene rings is 2. The van der Waals surface area contributed by atoms with Gasteiger partial charge in [0.2, 0.25) is 0 Å². The molecule has 10 heteroatoms. The van der Waals surface area contributed by atoms with Crippen LogP contribution in [0.5, 0.6) is 0 Å². The van der Waals surface area contributed by atoms with Crippen molar-refractivity contribution in [1.82, 2.24) is 0 Å². The van der Waals surface area contributed by atoms with Gasteiger partial charge in [-0.1, -0.05) is 41.9 Å². The molecule has 0 fully saturated rings. The second kappa shape index (κ2) is 9.86. The minimum Gasteiger partial charge on any atom is -0.462 e. The van der Waals surface area contributed by atoms with E-state index in [2.05, 4.69) is 10.6 Å². The van der Waals surface area contributed by atoms with Gasteiger partial charge >= 0.3 is 5.97 Å². The molecule has 0 aliphatic rings. The molecule has 0 amide bonds. The molecule has 3 aromatic rings. The van der Waals surface area contributed by atoms with Gasteiger partial charge in [-0.05, 0) is 37.7 Å². The number of thiocarbonyl (C=S) groups is 1. The highest BCUT2D eigenvalue weighted by Crippen LogP contribution is 2.40. The topological polar surface area (TPSA) is 93.5 Å². The Bertz CT molecular complexity index is 1150. The van der Waals surface area contributed by atoms with Gasteiger partial charge in [0, 0.05) is 22.6 Å². The molecule has 0 saturated heterocycles. The van der Waals surface area contributed by atoms with E-state index in [-0.39, 0.29) is 22.4 Å². The Morgan fingerprint density at radius 3 is 2.55 bits per heavy atom. The molecule has 0 radical (unpaired) electrons. The highest BCUT2D eigenvalue weighted by molar-refractivity contribution is 7.80. The molecule has 0 spiro atoms. The zero-order valence-corrected chi connectivity index (χ0v) is 19.0. The van der Waals surface area contributed by atoms with Crippen molar-refractivity contribution in [3.8, 4) is 11.1 Å². The number of hydrogen-bond donors (Lipinski definition) is 2. The second-order valence-corrected chi connectivity index (χ2v) is 8.36. The number of ether oxygens (including phenoxy) is 1. The Kier molecular flexibility index (Phi) is 7.21. The van der Waals surface area contributed by atoms with Crippen molar-refractivity contribution in [3.05, 3.63) is 74.1 Å². The highest BCUT2D eigenvalue weighted by atomic mass is 35.5. The first-order valence-corrected chi connectivity index (χ1v) is 10.8. The third-order valence-electron chi connectivity index (χ3n) is 4.27. The molecule has 0 saturated carbocycles. The molecule has 0 atom stereocenters. The lowest BCUT2D eigenvalue weighted by molar-refractivity contribution is -0.384. The van der Waals surface area contributed by atoms with Crippen molar-refractivity contribution in [2.75, 3.05) is 17.2 Å². The number of rotatable bonds is 6. The van der Waals surface area contributed by atoms with Crippen LogP contribution in [0.1, 0.15) is 22.2 Å². The standard InChI is InChI=1S/C21H18ClN3O4S2/c1-3-29-20(26)18-17(13-7-5-4-6-8-13)12(2)31-19(18)24-21(30)23-16-10-9-14(25(27)28)11-15(16)22/h4-11H,3H2,1-2H3,(H2,23,24,30). The summed E-state index contributed by atoms with van der Waals surface area (Å²) < 4.78 is 5.28. The zero-order chi connectivity index (χ0) is 22.5. The van der Waals surface area contributed by atoms with Crippen LogP contribution in [0.2, 0.25) is 5.02 Å². The fourth-order valence-corrected chi connectivity index (χ4v) is 4.53. The Morgan fingerprint density at radius 2 is 1.94 bits per heavy atom. The molecule has 2 N–H and O–H groups in total. The van der Waals surface area contributed by atoms with Crippen molar-refractivity contribution in [1.29, 1.82) is 0 Å². The van der Waals surface area contributed by atoms with Crippen LogP contribution in [0.4, 0.5) is 16.4 Å². The van der Waals surface area contributed by atoms with Crippen molar-refractivity contribution in [3.63, 3.8) is 0 Å². The number of carbonyl (C=O) groups excluding carboxylic acids is 1. The molecule has 0 unspecified atom stereocenters. The molecule has 0 bridgehead atoms. The third kappa shape index (κ3) is 5.19. The molecule has 3 rings (SSSR count). The number of halogens is 1. The summed E-state index contributed by atoms with van der Waals surface area (Å²) in [6.07, 6.45) is 0. The minimum atomic E-state index is -0.530. The third-order valence-corrected chi connectivity index (χ3v) is 5.80. The van der Waals surface area contributed by atoms with E-state index in [9.17, 15) is 14.9 Å². The van der Waals surface area contributed by atoms with Gasteiger partial charge in [-0.3, -0.25) is 10.1 Å². The number of aryl methyl sites for hydroxylation is 1. The summed E-state index contributed by atoms with van der Waals surface area (Å²) in [6, 6.07) is 13.6. The van der Waals surface area contributed by atoms with Crippen molar-refractivity contribution in [2.45, 2.75) is 13.8 Å². The van der Waals surface area contributed by atoms with E-state index in [4.69, 9.17) is 28.6 Å². The van der Waals surface area contributed by atoms with E-state index in [0.717, 1.165) is 16.0 Å². The molecule has 2 aromatic carbocycles. The monoisotopic (exact) mass is 475 g/mol. The summed E-state index contributed by atoms with van der Waals surface area (Å²) in [5.74, 6) is -0.454. The summed E-state index contributed by atoms with van der Waals surface area (Å²) >= 11 is 12.9. The van der Waals surface area contributed by atoms with Crippen LogP contribution < -0.4 is 10.6 Å². The number of thiophene rings is 1. The van der Waals surface area contributed by atoms with E-state index in [1.807, 2.05) is 37.3 Å². The van der Waals surface area contributed by atoms with Crippen LogP contribution in [-0.2, 0) is 4.74 Å². The van der Waals surface area contributed by atoms with Gasteiger partial charge < -0.3 is 15.4 Å². The lowest BCUT2D eigenvalue weighted by atomic mass is 10.0. The van der Waals surface area contributed by atoms with E-state index in [0.29, 0.717) is 16.3 Å². The zero-order valence-electron chi connectivity index (χ0n) is 16.6. The summed E-state index contributed by atoms with van der Waals surface area (Å²) in [7, 11) is 0. The molecule has 7 nitrogen and oxygen atoms in total. The number of non-ortho nitro benzene ring substituents is 1. The summed E-state index contributed by atoms with van der Waals surface area (Å²) in [4.78, 5) is 24.0. The average molecular weight is 476 g/mol. The Morgan fingerprint density at radius 1 is 1.23 bits per heavy atom. The Hall–Kier alpha value is -3.01. The number of nitro benzene ring substituents is 1. The van der Waals surface area contributed by atoms with E-state index < -0.39 is 10.9 Å². The van der Waals surface area contributed by atoms with E-state index in [1.54, 1.807) is 6.92 Å². The van der Waals surface area contributed by atoms with E-state index in [1.165, 1.54) is 29.5 Å². The van der Waals surface area contributed by atoms with Gasteiger partial charge in [-0.15, -0.1) is 11.3 Å². The van der Waals surface area contributed by atoms with Gasteiger partial charge in [0.15, 0.2) is 5.11 Å². The molecule has 1 aromatic heterocycles. The van der Waals surface area contributed by atoms with E-state index >= 15 is 0 Å². The quantitative estimate of drug-likeness (QED) is 0.188. The lowest BCUT2D eigenvalue weighted by Crippen LogP contribution is -2.20. The van der Waals surface area contributed by atoms with Crippen molar-refractivity contribution < 1.29 is 14.5 Å². The van der Waals surface area contributed by atoms with Gasteiger partial charge in [-0.2, -0.15) is 0 Å². The first-order valence-electron chi connectivity index (χ1n) is 9.19. The number of esters is 1. The fraction of sp³-hybridized carbons (Fsp3) is 0.143. The van der Waals surface area contributed by atoms with Crippen molar-refractivity contribution >= 4 is 62.6 Å². The van der Waals surface area contributed by atoms with Crippen LogP contribution in [0.3, 0.4) is 0 Å². The van der Waals surface area contributed by atoms with Crippen LogP contribution in [0.25, 0.3) is 11.1 Å². The molecular weight excluding hydrogens is 458 g/mol. The number of anilines is 2. The smallest absolute Gasteiger partial charge is 0.341 e. The fourth-order valence-electron chi connectivity index (χ4n) is 2.96. The molecule has 31 heavy (non-hydrogen) atoms. The number of hydrogen-bond acceptors (Lipinski definition) is 6. The highest BCUT2D eigenvalue weighted by Gasteiger charge is 2.25. The molecule has 160 valence electrons. The van der Waals surface area contributed by atoms with Crippen LogP contribution >= 0.6 is 35.2 Å². The van der Waals surface area contributed by atoms with Gasteiger partial charge in [0.25, 0.3) is 5.69 Å². The number of nitrogens with one attached hydrogen (secondary N) is 2. The molecule has 0 aliphatic carbocycles. The van der Waals surface area contributed by atoms with Gasteiger partial charge in [0.05, 0.1) is 22.2 Å². The molecule has 1 heterocycles. The first-order chi connectivity index (χ1) is 14.8. The van der Waals surface area contributed by atoms with Crippen LogP contribution in [-0.4, -0.2) is 22.6 Å². The largest absolute Gasteiger partial charge is 0.462 e. The number of carbonyl (C=O) groups is 1. The first kappa shape index (κ1) is 22.7. The maximum absolute atomic E-state index is 12.8. The number of nitrogens with zero attached hydrogens (tertiary/aromatic N) is 1. The maximum atomic E-state index is 12.8. The van der Waals surface area contributed by atoms with Crippen LogP contribution in [0.15, 0.2) is 48.5 Å². The summed E-state index contributed by atoms with van der Waals surface area (Å²) in [6.45, 7) is 3.91. The van der Waals surface area contributed by atoms with Gasteiger partial charge in [0.1, 0.15) is 10.6 Å². The lowest BCUT2D eigenvalue weighted by Gasteiger charge is -2.12. The minimum absolute atomic E-state index is 0.125. The summed E-state index contributed by atoms with van der Waals surface area (Å²) in [5, 5.41) is 17.7. The second-order valence-electron chi connectivity index (χ2n) is 6.32. The molecule has 0 aliphatic heterocycles. The Labute approximate surface area is 193 Å². The van der Waals surface area contributed by atoms with Crippen LogP contribution in [0, 0.1) is 17.0 Å². The van der Waals surface area contributed by atoms with Gasteiger partial charge in [-0.25, -0.2) is 4.79 Å². The Balaban J connectivity index is 1.91.